The zero-order valence-electron chi connectivity index (χ0n) is 13.8. The average molecular weight is 316 g/mol. The highest BCUT2D eigenvalue weighted by Gasteiger charge is 2.26. The van der Waals surface area contributed by atoms with Crippen molar-refractivity contribution in [3.63, 3.8) is 0 Å². The molecule has 2 amide bonds. The van der Waals surface area contributed by atoms with Crippen molar-refractivity contribution >= 4 is 11.7 Å². The number of hydrogen-bond acceptors (Lipinski definition) is 3. The van der Waals surface area contributed by atoms with E-state index in [1.165, 1.54) is 6.26 Å². The molecule has 3 N–H and O–H groups in total. The van der Waals surface area contributed by atoms with Crippen LogP contribution in [-0.4, -0.2) is 17.7 Å². The molecule has 0 saturated carbocycles. The fraction of sp³-hybridized carbons (Fsp3) is 0.389. The monoisotopic (exact) mass is 316 g/mol. The van der Waals surface area contributed by atoms with Crippen LogP contribution in [0.25, 0.3) is 0 Å². The Hall–Kier alpha value is -2.27. The molecule has 1 unspecified atom stereocenters. The van der Waals surface area contributed by atoms with Gasteiger partial charge in [0.1, 0.15) is 11.4 Å². The van der Waals surface area contributed by atoms with Crippen molar-refractivity contribution in [1.29, 1.82) is 0 Å². The van der Waals surface area contributed by atoms with Gasteiger partial charge in [0.05, 0.1) is 12.8 Å². The molecule has 1 heterocycles. The summed E-state index contributed by atoms with van der Waals surface area (Å²) in [6.07, 6.45) is 3.18. The molecule has 0 aliphatic heterocycles. The molecule has 0 spiro atoms. The minimum atomic E-state index is -1.25. The molecule has 5 nitrogen and oxygen atoms in total. The average Bonchev–Trinajstić information content (AvgIpc) is 3.08. The third kappa shape index (κ3) is 4.13. The maximum absolute atomic E-state index is 12.2. The van der Waals surface area contributed by atoms with E-state index in [-0.39, 0.29) is 12.6 Å². The number of para-hydroxylation sites is 1. The highest BCUT2D eigenvalue weighted by Crippen LogP contribution is 2.23. The van der Waals surface area contributed by atoms with E-state index in [2.05, 4.69) is 24.5 Å². The summed E-state index contributed by atoms with van der Waals surface area (Å²) in [5.41, 5.74) is 1.79. The van der Waals surface area contributed by atoms with Gasteiger partial charge < -0.3 is 20.2 Å². The molecule has 0 bridgehead atoms. The summed E-state index contributed by atoms with van der Waals surface area (Å²) in [7, 11) is 0. The molecule has 2 aromatic rings. The van der Waals surface area contributed by atoms with E-state index in [1.54, 1.807) is 19.1 Å². The van der Waals surface area contributed by atoms with Crippen LogP contribution >= 0.6 is 0 Å². The smallest absolute Gasteiger partial charge is 0.319 e. The van der Waals surface area contributed by atoms with Gasteiger partial charge in [-0.1, -0.05) is 32.0 Å². The highest BCUT2D eigenvalue weighted by molar-refractivity contribution is 5.91. The first kappa shape index (κ1) is 17.1. The first-order valence-corrected chi connectivity index (χ1v) is 7.90. The van der Waals surface area contributed by atoms with Crippen LogP contribution in [0.4, 0.5) is 10.5 Å². The third-order valence-corrected chi connectivity index (χ3v) is 3.88. The lowest BCUT2D eigenvalue weighted by atomic mass is 10.0. The Bertz CT molecular complexity index is 626. The number of benzene rings is 1. The minimum absolute atomic E-state index is 0.0576. The molecule has 23 heavy (non-hydrogen) atoms. The number of carbonyl (C=O) groups excluding carboxylic acids is 1. The second kappa shape index (κ2) is 7.33. The number of aliphatic hydroxyl groups is 1. The van der Waals surface area contributed by atoms with E-state index in [4.69, 9.17) is 4.42 Å². The van der Waals surface area contributed by atoms with Gasteiger partial charge in [-0.2, -0.15) is 0 Å². The number of amides is 2. The lowest BCUT2D eigenvalue weighted by Crippen LogP contribution is -2.40. The number of urea groups is 1. The largest absolute Gasteiger partial charge is 0.466 e. The van der Waals surface area contributed by atoms with Gasteiger partial charge in [0, 0.05) is 5.69 Å². The van der Waals surface area contributed by atoms with Crippen LogP contribution in [0.3, 0.4) is 0 Å². The second-order valence-electron chi connectivity index (χ2n) is 5.72. The van der Waals surface area contributed by atoms with E-state index >= 15 is 0 Å². The van der Waals surface area contributed by atoms with Crippen LogP contribution in [0.2, 0.25) is 0 Å². The zero-order chi connectivity index (χ0) is 16.9. The Labute approximate surface area is 136 Å². The van der Waals surface area contributed by atoms with Crippen LogP contribution in [0.1, 0.15) is 37.7 Å². The van der Waals surface area contributed by atoms with Gasteiger partial charge in [0.2, 0.25) is 0 Å². The minimum Gasteiger partial charge on any atom is -0.466 e. The van der Waals surface area contributed by atoms with Crippen LogP contribution in [0, 0.1) is 0 Å². The van der Waals surface area contributed by atoms with Gasteiger partial charge in [0.25, 0.3) is 0 Å². The third-order valence-electron chi connectivity index (χ3n) is 3.88. The van der Waals surface area contributed by atoms with Gasteiger partial charge in [-0.05, 0) is 43.0 Å². The molecule has 1 aromatic heterocycles. The molecule has 0 aliphatic carbocycles. The normalized spacial score (nSPS) is 13.4. The molecule has 0 saturated heterocycles. The summed E-state index contributed by atoms with van der Waals surface area (Å²) in [6.45, 7) is 5.77. The summed E-state index contributed by atoms with van der Waals surface area (Å²) in [4.78, 5) is 12.2. The molecule has 2 rings (SSSR count). The predicted molar refractivity (Wildman–Crippen MR) is 90.5 cm³/mol. The Balaban J connectivity index is 2.03. The number of carbonyl (C=O) groups is 1. The van der Waals surface area contributed by atoms with Gasteiger partial charge >= 0.3 is 6.03 Å². The van der Waals surface area contributed by atoms with Crippen LogP contribution < -0.4 is 10.6 Å². The van der Waals surface area contributed by atoms with Gasteiger partial charge in [0.15, 0.2) is 0 Å². The summed E-state index contributed by atoms with van der Waals surface area (Å²) in [5, 5.41) is 16.0. The molecular weight excluding hydrogens is 292 g/mol. The van der Waals surface area contributed by atoms with E-state index < -0.39 is 5.60 Å². The van der Waals surface area contributed by atoms with Gasteiger partial charge in [-0.25, -0.2) is 4.79 Å². The van der Waals surface area contributed by atoms with Crippen molar-refractivity contribution < 1.29 is 14.3 Å². The molecule has 124 valence electrons. The van der Waals surface area contributed by atoms with E-state index in [9.17, 15) is 9.90 Å². The van der Waals surface area contributed by atoms with Crippen molar-refractivity contribution in [3.05, 3.63) is 53.5 Å². The van der Waals surface area contributed by atoms with E-state index in [0.717, 1.165) is 29.7 Å². The number of furan rings is 1. The van der Waals surface area contributed by atoms with Gasteiger partial charge in [-0.15, -0.1) is 0 Å². The van der Waals surface area contributed by atoms with Crippen molar-refractivity contribution in [1.82, 2.24) is 5.32 Å². The lowest BCUT2D eigenvalue weighted by molar-refractivity contribution is 0.0372. The quantitative estimate of drug-likeness (QED) is 0.764. The number of rotatable bonds is 6. The van der Waals surface area contributed by atoms with Crippen molar-refractivity contribution in [3.8, 4) is 0 Å². The highest BCUT2D eigenvalue weighted by atomic mass is 16.4. The Kier molecular flexibility index (Phi) is 5.45. The Morgan fingerprint density at radius 3 is 2.35 bits per heavy atom. The SMILES string of the molecule is CCc1cccc(CC)c1NC(=O)NCC(C)(O)c1ccco1. The van der Waals surface area contributed by atoms with Crippen LogP contribution in [0.5, 0.6) is 0 Å². The first-order valence-electron chi connectivity index (χ1n) is 7.90. The number of anilines is 1. The molecule has 0 aliphatic rings. The number of nitrogens with one attached hydrogen (secondary N) is 2. The van der Waals surface area contributed by atoms with E-state index in [1.807, 2.05) is 18.2 Å². The topological polar surface area (TPSA) is 74.5 Å². The fourth-order valence-electron chi connectivity index (χ4n) is 2.49. The summed E-state index contributed by atoms with van der Waals surface area (Å²) < 4.78 is 5.20. The summed E-state index contributed by atoms with van der Waals surface area (Å²) in [5.74, 6) is 0.418. The molecule has 1 atom stereocenters. The number of hydrogen-bond donors (Lipinski definition) is 3. The maximum atomic E-state index is 12.2. The van der Waals surface area contributed by atoms with Crippen molar-refractivity contribution in [2.75, 3.05) is 11.9 Å². The maximum Gasteiger partial charge on any atom is 0.319 e. The molecule has 0 radical (unpaired) electrons. The first-order chi connectivity index (χ1) is 11.0. The predicted octanol–water partition coefficient (Wildman–Crippen LogP) is 3.43. The number of aryl methyl sites for hydroxylation is 2. The molecule has 5 heteroatoms. The Morgan fingerprint density at radius 2 is 1.83 bits per heavy atom. The standard InChI is InChI=1S/C18H24N2O3/c1-4-13-8-6-9-14(5-2)16(13)20-17(21)19-12-18(3,22)15-10-7-11-23-15/h6-11,22H,4-5,12H2,1-3H3,(H2,19,20,21). The second-order valence-corrected chi connectivity index (χ2v) is 5.72. The zero-order valence-corrected chi connectivity index (χ0v) is 13.8. The van der Waals surface area contributed by atoms with Crippen LogP contribution in [0.15, 0.2) is 41.0 Å². The van der Waals surface area contributed by atoms with Crippen molar-refractivity contribution in [2.45, 2.75) is 39.2 Å². The summed E-state index contributed by atoms with van der Waals surface area (Å²) >= 11 is 0. The van der Waals surface area contributed by atoms with Crippen molar-refractivity contribution in [2.24, 2.45) is 0 Å². The lowest BCUT2D eigenvalue weighted by Gasteiger charge is -2.22. The Morgan fingerprint density at radius 1 is 1.17 bits per heavy atom. The van der Waals surface area contributed by atoms with Crippen LogP contribution in [-0.2, 0) is 18.4 Å². The van der Waals surface area contributed by atoms with Gasteiger partial charge in [-0.3, -0.25) is 0 Å². The van der Waals surface area contributed by atoms with E-state index in [0.29, 0.717) is 5.76 Å². The molecule has 0 fully saturated rings. The molecular formula is C18H24N2O3. The molecule has 1 aromatic carbocycles. The summed E-state index contributed by atoms with van der Waals surface area (Å²) in [6, 6.07) is 9.06. The fourth-order valence-corrected chi connectivity index (χ4v) is 2.49.